The summed E-state index contributed by atoms with van der Waals surface area (Å²) in [7, 11) is -4.12. The standard InChI is InChI=1S/C25H23F3N2O4S/c1-16-7-10-22-24(34-20-6-4-3-5-19(20)30(16)22)11-13-29(14-12-24)23(31)17-8-9-21(35(2,32)33)18(15-17)25(26,27)28/h3-10,15H,11-14H2,1-2H3. The molecule has 0 saturated carbocycles. The molecule has 0 bridgehead atoms. The van der Waals surface area contributed by atoms with Crippen LogP contribution < -0.4 is 4.74 Å². The molecule has 0 unspecified atom stereocenters. The topological polar surface area (TPSA) is 68.6 Å². The largest absolute Gasteiger partial charge is 0.479 e. The zero-order valence-electron chi connectivity index (χ0n) is 19.1. The maximum Gasteiger partial charge on any atom is 0.417 e. The minimum Gasteiger partial charge on any atom is -0.479 e. The SMILES string of the molecule is Cc1ccc2n1-c1ccccc1OC21CCN(C(=O)c2ccc(S(C)(=O)=O)c(C(F)(F)F)c2)CC1. The molecular weight excluding hydrogens is 481 g/mol. The second-order valence-electron chi connectivity index (χ2n) is 9.03. The van der Waals surface area contributed by atoms with Crippen LogP contribution in [0.15, 0.2) is 59.5 Å². The first-order valence-electron chi connectivity index (χ1n) is 11.1. The summed E-state index contributed by atoms with van der Waals surface area (Å²) >= 11 is 0. The number of likely N-dealkylation sites (tertiary alicyclic amines) is 1. The third-order valence-corrected chi connectivity index (χ3v) is 7.90. The van der Waals surface area contributed by atoms with Crippen LogP contribution in [0.3, 0.4) is 0 Å². The first-order valence-corrected chi connectivity index (χ1v) is 13.0. The third kappa shape index (κ3) is 3.89. The molecule has 2 aliphatic rings. The van der Waals surface area contributed by atoms with Gasteiger partial charge in [-0.15, -0.1) is 0 Å². The summed E-state index contributed by atoms with van der Waals surface area (Å²) in [5, 5.41) is 0. The van der Waals surface area contributed by atoms with Crippen molar-refractivity contribution in [1.29, 1.82) is 0 Å². The van der Waals surface area contributed by atoms with Gasteiger partial charge < -0.3 is 14.2 Å². The lowest BCUT2D eigenvalue weighted by atomic mass is 9.86. The van der Waals surface area contributed by atoms with Crippen molar-refractivity contribution in [1.82, 2.24) is 9.47 Å². The molecule has 0 atom stereocenters. The average Bonchev–Trinajstić information content (AvgIpc) is 3.20. The van der Waals surface area contributed by atoms with Crippen molar-refractivity contribution in [2.45, 2.75) is 36.4 Å². The number of piperidine rings is 1. The van der Waals surface area contributed by atoms with Gasteiger partial charge in [-0.3, -0.25) is 4.79 Å². The number of nitrogens with zero attached hydrogens (tertiary/aromatic N) is 2. The van der Waals surface area contributed by atoms with Gasteiger partial charge in [0.05, 0.1) is 21.8 Å². The van der Waals surface area contributed by atoms with E-state index >= 15 is 0 Å². The lowest BCUT2D eigenvalue weighted by Crippen LogP contribution is -2.50. The number of amides is 1. The number of fused-ring (bicyclic) bond motifs is 4. The Balaban J connectivity index is 1.42. The van der Waals surface area contributed by atoms with Crippen LogP contribution in [0.5, 0.6) is 5.75 Å². The van der Waals surface area contributed by atoms with Crippen LogP contribution >= 0.6 is 0 Å². The number of aryl methyl sites for hydroxylation is 1. The number of halogens is 3. The van der Waals surface area contributed by atoms with E-state index in [2.05, 4.69) is 4.57 Å². The normalized spacial score (nSPS) is 17.0. The summed E-state index contributed by atoms with van der Waals surface area (Å²) in [6.07, 6.45) is -3.27. The Morgan fingerprint density at radius 2 is 1.71 bits per heavy atom. The van der Waals surface area contributed by atoms with Gasteiger partial charge in [-0.05, 0) is 49.4 Å². The van der Waals surface area contributed by atoms with E-state index in [1.54, 1.807) is 0 Å². The molecule has 184 valence electrons. The number of aromatic nitrogens is 1. The molecule has 2 aromatic carbocycles. The molecule has 6 nitrogen and oxygen atoms in total. The Morgan fingerprint density at radius 3 is 2.37 bits per heavy atom. The lowest BCUT2D eigenvalue weighted by Gasteiger charge is -2.45. The maximum atomic E-state index is 13.6. The van der Waals surface area contributed by atoms with E-state index in [1.807, 2.05) is 43.3 Å². The summed E-state index contributed by atoms with van der Waals surface area (Å²) in [5.41, 5.74) is 0.794. The zero-order chi connectivity index (χ0) is 25.2. The molecule has 0 N–H and O–H groups in total. The number of carbonyl (C=O) groups excluding carboxylic acids is 1. The fourth-order valence-corrected chi connectivity index (χ4v) is 5.91. The van der Waals surface area contributed by atoms with E-state index in [-0.39, 0.29) is 18.7 Å². The number of hydrogen-bond donors (Lipinski definition) is 0. The molecule has 1 fully saturated rings. The minimum atomic E-state index is -4.91. The number of rotatable bonds is 2. The highest BCUT2D eigenvalue weighted by molar-refractivity contribution is 7.90. The van der Waals surface area contributed by atoms with Crippen molar-refractivity contribution in [2.24, 2.45) is 0 Å². The van der Waals surface area contributed by atoms with Crippen molar-refractivity contribution in [3.63, 3.8) is 0 Å². The van der Waals surface area contributed by atoms with Crippen LogP contribution in [-0.2, 0) is 21.6 Å². The molecule has 2 aliphatic heterocycles. The third-order valence-electron chi connectivity index (χ3n) is 6.74. The summed E-state index contributed by atoms with van der Waals surface area (Å²) in [5.74, 6) is 0.165. The maximum absolute atomic E-state index is 13.6. The van der Waals surface area contributed by atoms with Crippen molar-refractivity contribution >= 4 is 15.7 Å². The number of ether oxygens (including phenoxy) is 1. The van der Waals surface area contributed by atoms with Gasteiger partial charge in [-0.2, -0.15) is 13.2 Å². The molecule has 35 heavy (non-hydrogen) atoms. The molecule has 10 heteroatoms. The summed E-state index contributed by atoms with van der Waals surface area (Å²) < 4.78 is 73.0. The molecule has 1 spiro atoms. The van der Waals surface area contributed by atoms with Gasteiger partial charge in [0.25, 0.3) is 5.91 Å². The number of carbonyl (C=O) groups is 1. The van der Waals surface area contributed by atoms with E-state index in [9.17, 15) is 26.4 Å². The smallest absolute Gasteiger partial charge is 0.417 e. The quantitative estimate of drug-likeness (QED) is 0.506. The Hall–Kier alpha value is -3.27. The predicted molar refractivity (Wildman–Crippen MR) is 123 cm³/mol. The van der Waals surface area contributed by atoms with Crippen molar-refractivity contribution < 1.29 is 31.1 Å². The van der Waals surface area contributed by atoms with Gasteiger partial charge >= 0.3 is 6.18 Å². The average molecular weight is 505 g/mol. The predicted octanol–water partition coefficient (Wildman–Crippen LogP) is 4.73. The summed E-state index contributed by atoms with van der Waals surface area (Å²) in [6.45, 7) is 2.57. The number of benzene rings is 2. The molecule has 3 aromatic rings. The molecule has 5 rings (SSSR count). The van der Waals surface area contributed by atoms with Crippen LogP contribution in [0.4, 0.5) is 13.2 Å². The Kier molecular flexibility index (Phi) is 5.28. The van der Waals surface area contributed by atoms with Crippen molar-refractivity contribution in [3.05, 3.63) is 77.1 Å². The lowest BCUT2D eigenvalue weighted by molar-refractivity contribution is -0.139. The van der Waals surface area contributed by atoms with Gasteiger partial charge in [0, 0.05) is 43.4 Å². The van der Waals surface area contributed by atoms with E-state index in [4.69, 9.17) is 4.74 Å². The Bertz CT molecular complexity index is 1440. The Morgan fingerprint density at radius 1 is 1.03 bits per heavy atom. The molecule has 1 amide bonds. The van der Waals surface area contributed by atoms with Crippen LogP contribution in [0, 0.1) is 6.92 Å². The highest BCUT2D eigenvalue weighted by atomic mass is 32.2. The van der Waals surface area contributed by atoms with Gasteiger partial charge in [0.15, 0.2) is 15.4 Å². The van der Waals surface area contributed by atoms with Gasteiger partial charge in [-0.25, -0.2) is 8.42 Å². The minimum absolute atomic E-state index is 0.199. The highest BCUT2D eigenvalue weighted by Crippen LogP contribution is 2.46. The van der Waals surface area contributed by atoms with E-state index in [1.165, 1.54) is 4.90 Å². The fraction of sp³-hybridized carbons (Fsp3) is 0.320. The number of sulfone groups is 1. The van der Waals surface area contributed by atoms with Gasteiger partial charge in [0.1, 0.15) is 5.75 Å². The molecule has 1 saturated heterocycles. The second kappa shape index (κ2) is 7.87. The Labute approximate surface area is 200 Å². The second-order valence-corrected chi connectivity index (χ2v) is 11.0. The molecule has 3 heterocycles. The van der Waals surface area contributed by atoms with Crippen molar-refractivity contribution in [2.75, 3.05) is 19.3 Å². The summed E-state index contributed by atoms with van der Waals surface area (Å²) in [6, 6.07) is 14.4. The van der Waals surface area contributed by atoms with Crippen LogP contribution in [-0.4, -0.2) is 43.1 Å². The summed E-state index contributed by atoms with van der Waals surface area (Å²) in [4.78, 5) is 13.8. The number of para-hydroxylation sites is 2. The molecule has 0 aliphatic carbocycles. The van der Waals surface area contributed by atoms with Crippen LogP contribution in [0.1, 0.15) is 40.2 Å². The van der Waals surface area contributed by atoms with Crippen LogP contribution in [0.2, 0.25) is 0 Å². The van der Waals surface area contributed by atoms with Gasteiger partial charge in [0.2, 0.25) is 0 Å². The zero-order valence-corrected chi connectivity index (χ0v) is 19.9. The number of hydrogen-bond acceptors (Lipinski definition) is 4. The first-order chi connectivity index (χ1) is 16.4. The van der Waals surface area contributed by atoms with Gasteiger partial charge in [-0.1, -0.05) is 12.1 Å². The van der Waals surface area contributed by atoms with E-state index < -0.39 is 38.0 Å². The number of alkyl halides is 3. The van der Waals surface area contributed by atoms with Crippen molar-refractivity contribution in [3.8, 4) is 11.4 Å². The monoisotopic (exact) mass is 504 g/mol. The molecule has 1 aromatic heterocycles. The first kappa shape index (κ1) is 23.5. The molecular formula is C25H23F3N2O4S. The fourth-order valence-electron chi connectivity index (χ4n) is 5.02. The van der Waals surface area contributed by atoms with Crippen LogP contribution in [0.25, 0.3) is 5.69 Å². The van der Waals surface area contributed by atoms with E-state index in [0.717, 1.165) is 35.0 Å². The van der Waals surface area contributed by atoms with E-state index in [0.29, 0.717) is 25.2 Å². The molecule has 0 radical (unpaired) electrons. The highest BCUT2D eigenvalue weighted by Gasteiger charge is 2.45.